The number of aromatic nitrogens is 6. The largest absolute Gasteiger partial charge is 0.361 e. The molecule has 32 heavy (non-hydrogen) atoms. The highest BCUT2D eigenvalue weighted by molar-refractivity contribution is 7.98. The highest BCUT2D eigenvalue weighted by Crippen LogP contribution is 2.26. The van der Waals surface area contributed by atoms with E-state index in [1.165, 1.54) is 36.0 Å². The average molecular weight is 451 g/mol. The number of aromatic amines is 2. The molecule has 0 fully saturated rings. The third kappa shape index (κ3) is 4.43. The Bertz CT molecular complexity index is 1340. The lowest BCUT2D eigenvalue weighted by Crippen LogP contribution is -2.08. The molecule has 3 heterocycles. The van der Waals surface area contributed by atoms with Crippen LogP contribution in [0.2, 0.25) is 0 Å². The summed E-state index contributed by atoms with van der Waals surface area (Å²) in [6.45, 7) is 0.674. The number of fused-ring (bicyclic) bond motifs is 1. The van der Waals surface area contributed by atoms with Crippen molar-refractivity contribution in [3.05, 3.63) is 95.5 Å². The van der Waals surface area contributed by atoms with Gasteiger partial charge in [-0.1, -0.05) is 23.9 Å². The summed E-state index contributed by atoms with van der Waals surface area (Å²) in [5, 5.41) is 10.6. The second-order valence-corrected chi connectivity index (χ2v) is 8.42. The van der Waals surface area contributed by atoms with Crippen molar-refractivity contribution in [1.29, 1.82) is 0 Å². The third-order valence-electron chi connectivity index (χ3n) is 5.29. The summed E-state index contributed by atoms with van der Waals surface area (Å²) < 4.78 is 29.2. The van der Waals surface area contributed by atoms with Crippen LogP contribution in [-0.2, 0) is 25.1 Å². The molecule has 9 heteroatoms. The van der Waals surface area contributed by atoms with Crippen molar-refractivity contribution < 1.29 is 8.78 Å². The van der Waals surface area contributed by atoms with Gasteiger partial charge in [-0.15, -0.1) is 10.2 Å². The maximum absolute atomic E-state index is 13.5. The summed E-state index contributed by atoms with van der Waals surface area (Å²) in [6.07, 6.45) is 6.66. The van der Waals surface area contributed by atoms with Crippen molar-refractivity contribution in [2.75, 3.05) is 0 Å². The number of H-pyrrole nitrogens is 2. The molecule has 0 bridgehead atoms. The maximum Gasteiger partial charge on any atom is 0.191 e. The van der Waals surface area contributed by atoms with Crippen LogP contribution in [0.15, 0.2) is 66.3 Å². The summed E-state index contributed by atoms with van der Waals surface area (Å²) >= 11 is 1.52. The smallest absolute Gasteiger partial charge is 0.191 e. The Kier molecular flexibility index (Phi) is 5.72. The fourth-order valence-electron chi connectivity index (χ4n) is 3.68. The zero-order chi connectivity index (χ0) is 21.9. The van der Waals surface area contributed by atoms with E-state index in [4.69, 9.17) is 0 Å². The molecule has 0 aliphatic carbocycles. The van der Waals surface area contributed by atoms with E-state index in [0.717, 1.165) is 45.1 Å². The quantitative estimate of drug-likeness (QED) is 0.330. The lowest BCUT2D eigenvalue weighted by atomic mass is 10.1. The Morgan fingerprint density at radius 3 is 2.75 bits per heavy atom. The van der Waals surface area contributed by atoms with Gasteiger partial charge in [0, 0.05) is 54.1 Å². The zero-order valence-electron chi connectivity index (χ0n) is 17.1. The average Bonchev–Trinajstić information content (AvgIpc) is 3.52. The summed E-state index contributed by atoms with van der Waals surface area (Å²) in [5.74, 6) is 0.883. The monoisotopic (exact) mass is 450 g/mol. The van der Waals surface area contributed by atoms with Gasteiger partial charge in [-0.05, 0) is 41.5 Å². The Morgan fingerprint density at radius 2 is 1.91 bits per heavy atom. The van der Waals surface area contributed by atoms with Crippen molar-refractivity contribution >= 4 is 22.7 Å². The predicted octanol–water partition coefficient (Wildman–Crippen LogP) is 4.89. The molecule has 0 atom stereocenters. The molecule has 0 saturated carbocycles. The molecule has 162 valence electrons. The van der Waals surface area contributed by atoms with Crippen LogP contribution in [0, 0.1) is 11.6 Å². The number of halogens is 2. The third-order valence-corrected chi connectivity index (χ3v) is 6.33. The van der Waals surface area contributed by atoms with Gasteiger partial charge < -0.3 is 14.5 Å². The van der Waals surface area contributed by atoms with E-state index in [9.17, 15) is 8.78 Å². The summed E-state index contributed by atoms with van der Waals surface area (Å²) in [7, 11) is 0. The molecule has 5 rings (SSSR count). The van der Waals surface area contributed by atoms with Gasteiger partial charge in [0.2, 0.25) is 0 Å². The van der Waals surface area contributed by atoms with Crippen molar-refractivity contribution in [2.24, 2.45) is 0 Å². The molecule has 3 aromatic heterocycles. The van der Waals surface area contributed by atoms with Crippen molar-refractivity contribution in [3.63, 3.8) is 0 Å². The topological polar surface area (TPSA) is 75.2 Å². The van der Waals surface area contributed by atoms with Crippen molar-refractivity contribution in [1.82, 2.24) is 29.7 Å². The SMILES string of the molecule is Fc1cccc(CSc2nnc(Cc3c[nH]c4cc(F)ccc34)n2CCc2cnc[nH]2)c1. The van der Waals surface area contributed by atoms with Crippen LogP contribution in [0.1, 0.15) is 22.6 Å². The van der Waals surface area contributed by atoms with E-state index in [1.54, 1.807) is 24.7 Å². The number of imidazole rings is 1. The number of aryl methyl sites for hydroxylation is 1. The van der Waals surface area contributed by atoms with Gasteiger partial charge in [0.15, 0.2) is 5.16 Å². The molecule has 6 nitrogen and oxygen atoms in total. The molecule has 2 N–H and O–H groups in total. The molecular weight excluding hydrogens is 430 g/mol. The number of nitrogens with zero attached hydrogens (tertiary/aromatic N) is 4. The van der Waals surface area contributed by atoms with Crippen molar-refractivity contribution in [3.8, 4) is 0 Å². The molecule has 0 spiro atoms. The van der Waals surface area contributed by atoms with Crippen LogP contribution in [-0.4, -0.2) is 29.7 Å². The first kappa shape index (κ1) is 20.4. The Balaban J connectivity index is 1.41. The second kappa shape index (κ2) is 8.96. The standard InChI is InChI=1S/C23H20F2N6S/c24-17-3-1-2-15(8-17)13-32-23-30-29-22(31(23)7-6-19-12-26-14-28-19)9-16-11-27-21-10-18(25)4-5-20(16)21/h1-5,8,10-12,14,27H,6-7,9,13H2,(H,26,28). The summed E-state index contributed by atoms with van der Waals surface area (Å²) in [4.78, 5) is 10.3. The molecule has 0 unspecified atom stereocenters. The minimum atomic E-state index is -0.273. The van der Waals surface area contributed by atoms with E-state index < -0.39 is 0 Å². The van der Waals surface area contributed by atoms with Crippen LogP contribution >= 0.6 is 11.8 Å². The van der Waals surface area contributed by atoms with Crippen LogP contribution in [0.25, 0.3) is 10.9 Å². The number of hydrogen-bond acceptors (Lipinski definition) is 4. The highest BCUT2D eigenvalue weighted by atomic mass is 32.2. The molecule has 2 aromatic carbocycles. The summed E-state index contributed by atoms with van der Waals surface area (Å²) in [6, 6.07) is 11.3. The Hall–Kier alpha value is -3.46. The molecule has 0 aliphatic heterocycles. The number of thioether (sulfide) groups is 1. The first-order chi connectivity index (χ1) is 15.7. The van der Waals surface area contributed by atoms with Gasteiger partial charge in [-0.25, -0.2) is 13.8 Å². The first-order valence-electron chi connectivity index (χ1n) is 10.2. The Labute approximate surface area is 187 Å². The number of benzene rings is 2. The van der Waals surface area contributed by atoms with E-state index in [1.807, 2.05) is 12.3 Å². The molecular formula is C23H20F2N6S. The highest BCUT2D eigenvalue weighted by Gasteiger charge is 2.16. The fraction of sp³-hybridized carbons (Fsp3) is 0.174. The minimum Gasteiger partial charge on any atom is -0.361 e. The van der Waals surface area contributed by atoms with Gasteiger partial charge in [0.05, 0.1) is 6.33 Å². The lowest BCUT2D eigenvalue weighted by molar-refractivity contribution is 0.604. The molecule has 0 aliphatic rings. The number of nitrogens with one attached hydrogen (secondary N) is 2. The minimum absolute atomic E-state index is 0.250. The first-order valence-corrected chi connectivity index (χ1v) is 11.2. The normalized spacial score (nSPS) is 11.4. The molecule has 0 amide bonds. The van der Waals surface area contributed by atoms with Gasteiger partial charge in [-0.2, -0.15) is 0 Å². The van der Waals surface area contributed by atoms with E-state index >= 15 is 0 Å². The van der Waals surface area contributed by atoms with E-state index in [-0.39, 0.29) is 11.6 Å². The van der Waals surface area contributed by atoms with Gasteiger partial charge in [0.25, 0.3) is 0 Å². The second-order valence-electron chi connectivity index (χ2n) is 7.48. The van der Waals surface area contributed by atoms with Crippen LogP contribution in [0.3, 0.4) is 0 Å². The van der Waals surface area contributed by atoms with Crippen molar-refractivity contribution in [2.45, 2.75) is 30.3 Å². The van der Waals surface area contributed by atoms with Gasteiger partial charge in [0.1, 0.15) is 17.5 Å². The van der Waals surface area contributed by atoms with Crippen LogP contribution in [0.4, 0.5) is 8.78 Å². The van der Waals surface area contributed by atoms with E-state index in [0.29, 0.717) is 18.7 Å². The fourth-order valence-corrected chi connectivity index (χ4v) is 4.61. The molecule has 0 saturated heterocycles. The number of rotatable bonds is 8. The van der Waals surface area contributed by atoms with Gasteiger partial charge >= 0.3 is 0 Å². The predicted molar refractivity (Wildman–Crippen MR) is 119 cm³/mol. The maximum atomic E-state index is 13.5. The van der Waals surface area contributed by atoms with Gasteiger partial charge in [-0.3, -0.25) is 0 Å². The van der Waals surface area contributed by atoms with Crippen LogP contribution < -0.4 is 0 Å². The molecule has 0 radical (unpaired) electrons. The molecule has 5 aromatic rings. The summed E-state index contributed by atoms with van der Waals surface area (Å²) in [5.41, 5.74) is 3.69. The number of hydrogen-bond donors (Lipinski definition) is 2. The lowest BCUT2D eigenvalue weighted by Gasteiger charge is -2.10. The zero-order valence-corrected chi connectivity index (χ0v) is 17.9. The van der Waals surface area contributed by atoms with Crippen LogP contribution in [0.5, 0.6) is 0 Å². The Morgan fingerprint density at radius 1 is 1.00 bits per heavy atom. The van der Waals surface area contributed by atoms with E-state index in [2.05, 4.69) is 29.7 Å².